The Balaban J connectivity index is 1.19. The minimum atomic E-state index is -1.57. The summed E-state index contributed by atoms with van der Waals surface area (Å²) < 4.78 is 42.2. The van der Waals surface area contributed by atoms with Crippen LogP contribution in [0, 0.1) is 0 Å². The number of likely N-dealkylation sites (tertiary alicyclic amines) is 1. The smallest absolute Gasteiger partial charge is 0.410 e. The van der Waals surface area contributed by atoms with Crippen molar-refractivity contribution in [1.29, 1.82) is 0 Å². The molecule has 296 valence electrons. The van der Waals surface area contributed by atoms with Gasteiger partial charge in [0.15, 0.2) is 24.6 Å². The number of amides is 1. The van der Waals surface area contributed by atoms with Crippen LogP contribution in [0.3, 0.4) is 0 Å². The molecular formula is C45H39NO12. The third kappa shape index (κ3) is 9.93. The Morgan fingerprint density at radius 3 is 1.40 bits per heavy atom. The fraction of sp³-hybridized carbons (Fsp3) is 0.222. The van der Waals surface area contributed by atoms with Gasteiger partial charge >= 0.3 is 30.0 Å². The maximum atomic E-state index is 13.8. The lowest BCUT2D eigenvalue weighted by Gasteiger charge is -2.47. The molecule has 58 heavy (non-hydrogen) atoms. The lowest BCUT2D eigenvalue weighted by molar-refractivity contribution is -0.315. The number of esters is 4. The summed E-state index contributed by atoms with van der Waals surface area (Å²) >= 11 is 0. The van der Waals surface area contributed by atoms with Gasteiger partial charge in [0.05, 0.1) is 41.4 Å². The number of carbonyl (C=O) groups excluding carboxylic acids is 5. The van der Waals surface area contributed by atoms with Gasteiger partial charge in [0.2, 0.25) is 0 Å². The molecule has 0 aliphatic carbocycles. The summed E-state index contributed by atoms with van der Waals surface area (Å²) in [5.41, 5.74) is 1.56. The molecule has 5 aromatic rings. The second-order valence-electron chi connectivity index (χ2n) is 13.4. The first-order valence-corrected chi connectivity index (χ1v) is 18.6. The van der Waals surface area contributed by atoms with Gasteiger partial charge in [-0.05, 0) is 54.1 Å². The topological polar surface area (TPSA) is 153 Å². The Kier molecular flexibility index (Phi) is 12.8. The van der Waals surface area contributed by atoms with Crippen molar-refractivity contribution >= 4 is 30.0 Å². The number of ether oxygens (including phenoxy) is 7. The molecule has 2 aliphatic rings. The van der Waals surface area contributed by atoms with E-state index in [4.69, 9.17) is 33.2 Å². The van der Waals surface area contributed by atoms with Crippen LogP contribution in [0.25, 0.3) is 0 Å². The molecule has 2 saturated heterocycles. The average molecular weight is 786 g/mol. The molecule has 0 aromatic heterocycles. The summed E-state index contributed by atoms with van der Waals surface area (Å²) in [7, 11) is 0. The number of hydrogen-bond acceptors (Lipinski definition) is 12. The molecule has 13 nitrogen and oxygen atoms in total. The van der Waals surface area contributed by atoms with Crippen LogP contribution in [-0.4, -0.2) is 91.4 Å². The predicted octanol–water partition coefficient (Wildman–Crippen LogP) is 6.28. The first-order chi connectivity index (χ1) is 28.3. The van der Waals surface area contributed by atoms with E-state index in [9.17, 15) is 24.0 Å². The zero-order chi connectivity index (χ0) is 40.3. The molecule has 7 rings (SSSR count). The van der Waals surface area contributed by atoms with E-state index >= 15 is 0 Å². The Hall–Kier alpha value is -6.83. The fourth-order valence-corrected chi connectivity index (χ4v) is 6.31. The van der Waals surface area contributed by atoms with Gasteiger partial charge < -0.3 is 38.1 Å². The van der Waals surface area contributed by atoms with E-state index in [0.717, 1.165) is 5.56 Å². The van der Waals surface area contributed by atoms with Crippen molar-refractivity contribution in [3.8, 4) is 0 Å². The minimum absolute atomic E-state index is 0.0753. The molecule has 2 aliphatic heterocycles. The summed E-state index contributed by atoms with van der Waals surface area (Å²) in [5.74, 6) is -3.16. The Bertz CT molecular complexity index is 2150. The zero-order valence-corrected chi connectivity index (χ0v) is 31.1. The first-order valence-electron chi connectivity index (χ1n) is 18.6. The highest BCUT2D eigenvalue weighted by molar-refractivity contribution is 5.91. The Morgan fingerprint density at radius 2 is 0.914 bits per heavy atom. The molecule has 0 spiro atoms. The Labute approximate surface area is 333 Å². The number of rotatable bonds is 13. The molecule has 2 heterocycles. The molecule has 0 radical (unpaired) electrons. The second kappa shape index (κ2) is 18.9. The molecule has 3 unspecified atom stereocenters. The van der Waals surface area contributed by atoms with Crippen molar-refractivity contribution in [2.75, 3.05) is 19.7 Å². The van der Waals surface area contributed by atoms with Gasteiger partial charge in [0.25, 0.3) is 0 Å². The van der Waals surface area contributed by atoms with Gasteiger partial charge in [-0.25, -0.2) is 24.0 Å². The van der Waals surface area contributed by atoms with Crippen LogP contribution in [0.15, 0.2) is 152 Å². The van der Waals surface area contributed by atoms with Crippen molar-refractivity contribution < 1.29 is 57.1 Å². The normalized spacial score (nSPS) is 20.1. The largest absolute Gasteiger partial charge is 0.459 e. The van der Waals surface area contributed by atoms with Gasteiger partial charge in [0, 0.05) is 0 Å². The van der Waals surface area contributed by atoms with Crippen molar-refractivity contribution in [1.82, 2.24) is 4.90 Å². The zero-order valence-electron chi connectivity index (χ0n) is 31.1. The highest BCUT2D eigenvalue weighted by Crippen LogP contribution is 2.33. The van der Waals surface area contributed by atoms with Crippen molar-refractivity contribution in [3.63, 3.8) is 0 Å². The summed E-state index contributed by atoms with van der Waals surface area (Å²) in [6.07, 6.45) is -8.66. The third-order valence-electron chi connectivity index (χ3n) is 9.38. The van der Waals surface area contributed by atoms with Gasteiger partial charge in [-0.3, -0.25) is 0 Å². The molecule has 0 bridgehead atoms. The lowest BCUT2D eigenvalue weighted by Crippen LogP contribution is -2.65. The number of carbonyl (C=O) groups is 5. The van der Waals surface area contributed by atoms with E-state index in [1.807, 2.05) is 30.3 Å². The van der Waals surface area contributed by atoms with Crippen molar-refractivity contribution in [3.05, 3.63) is 179 Å². The van der Waals surface area contributed by atoms with Gasteiger partial charge in [-0.15, -0.1) is 0 Å². The summed E-state index contributed by atoms with van der Waals surface area (Å²) in [5, 5.41) is 0. The quantitative estimate of drug-likeness (QED) is 0.0975. The van der Waals surface area contributed by atoms with Gasteiger partial charge in [0.1, 0.15) is 19.3 Å². The van der Waals surface area contributed by atoms with E-state index in [1.165, 1.54) is 41.3 Å². The third-order valence-corrected chi connectivity index (χ3v) is 9.38. The summed E-state index contributed by atoms with van der Waals surface area (Å²) in [6, 6.07) is 41.7. The maximum absolute atomic E-state index is 13.8. The number of benzene rings is 5. The van der Waals surface area contributed by atoms with Crippen LogP contribution in [0.5, 0.6) is 0 Å². The van der Waals surface area contributed by atoms with Crippen LogP contribution in [-0.2, 0) is 39.8 Å². The predicted molar refractivity (Wildman–Crippen MR) is 205 cm³/mol. The molecule has 2 fully saturated rings. The summed E-state index contributed by atoms with van der Waals surface area (Å²) in [6.45, 7) is -0.254. The molecule has 0 N–H and O–H groups in total. The van der Waals surface area contributed by atoms with Crippen LogP contribution < -0.4 is 0 Å². The lowest BCUT2D eigenvalue weighted by atomic mass is 9.97. The molecule has 0 saturated carbocycles. The average Bonchev–Trinajstić information content (AvgIpc) is 3.26. The van der Waals surface area contributed by atoms with E-state index in [2.05, 4.69) is 0 Å². The van der Waals surface area contributed by atoms with E-state index < -0.39 is 73.4 Å². The van der Waals surface area contributed by atoms with Crippen LogP contribution in [0.2, 0.25) is 0 Å². The van der Waals surface area contributed by atoms with Crippen LogP contribution >= 0.6 is 0 Å². The fourth-order valence-electron chi connectivity index (χ4n) is 6.31. The SMILES string of the molecule is O=C(OCC1O[C@H](OC2CN(C(=O)OCc3ccccc3)C2)C(OC(=O)c2ccccc2)C(OC(=O)c2ccccc2)[C@@H]1OC(=O)c1ccccc1)c1ccccc1. The monoisotopic (exact) mass is 785 g/mol. The van der Waals surface area contributed by atoms with Crippen LogP contribution in [0.1, 0.15) is 47.0 Å². The van der Waals surface area contributed by atoms with E-state index in [-0.39, 0.29) is 42.0 Å². The van der Waals surface area contributed by atoms with E-state index in [1.54, 1.807) is 84.9 Å². The minimum Gasteiger partial charge on any atom is -0.459 e. The summed E-state index contributed by atoms with van der Waals surface area (Å²) in [4.78, 5) is 68.8. The van der Waals surface area contributed by atoms with Gasteiger partial charge in [-0.1, -0.05) is 103 Å². The molecule has 5 aromatic carbocycles. The van der Waals surface area contributed by atoms with Crippen molar-refractivity contribution in [2.45, 2.75) is 43.4 Å². The first kappa shape index (κ1) is 39.4. The molecule has 1 amide bonds. The second-order valence-corrected chi connectivity index (χ2v) is 13.4. The van der Waals surface area contributed by atoms with Crippen LogP contribution in [0.4, 0.5) is 4.79 Å². The number of hydrogen-bond donors (Lipinski definition) is 0. The highest BCUT2D eigenvalue weighted by atomic mass is 16.7. The molecular weight excluding hydrogens is 746 g/mol. The molecule has 13 heteroatoms. The van der Waals surface area contributed by atoms with Gasteiger partial charge in [-0.2, -0.15) is 0 Å². The Morgan fingerprint density at radius 1 is 0.500 bits per heavy atom. The van der Waals surface area contributed by atoms with Crippen molar-refractivity contribution in [2.24, 2.45) is 0 Å². The van der Waals surface area contributed by atoms with E-state index in [0.29, 0.717) is 0 Å². The highest BCUT2D eigenvalue weighted by Gasteiger charge is 2.55. The standard InChI is InChI=1S/C45H39NO12/c47-40(31-18-8-2-9-19-31)52-29-36-37(56-41(48)32-20-10-3-11-21-32)38(57-42(49)33-22-12-4-13-23-33)39(58-43(50)34-24-14-5-15-25-34)44(55-36)54-35-26-46(27-35)45(51)53-28-30-16-6-1-7-17-30/h1-25,35-39,44H,26-29H2/t36?,37-,38?,39?,44+/m1/s1. The number of nitrogens with zero attached hydrogens (tertiary/aromatic N) is 1. The molecule has 5 atom stereocenters. The maximum Gasteiger partial charge on any atom is 0.410 e.